The van der Waals surface area contributed by atoms with Crippen molar-refractivity contribution in [3.05, 3.63) is 58.2 Å². The highest BCUT2D eigenvalue weighted by Crippen LogP contribution is 2.17. The number of rotatable bonds is 4. The lowest BCUT2D eigenvalue weighted by Crippen LogP contribution is -2.46. The summed E-state index contributed by atoms with van der Waals surface area (Å²) in [6.45, 7) is 4.52. The maximum absolute atomic E-state index is 11.0. The van der Waals surface area contributed by atoms with Crippen LogP contribution in [-0.2, 0) is 6.54 Å². The highest BCUT2D eigenvalue weighted by Gasteiger charge is 2.19. The molecule has 120 valence electrons. The molecule has 1 aliphatic heterocycles. The number of benzene rings is 1. The van der Waals surface area contributed by atoms with E-state index < -0.39 is 5.97 Å². The first-order valence-electron chi connectivity index (χ1n) is 7.54. The van der Waals surface area contributed by atoms with Crippen molar-refractivity contribution in [3.8, 4) is 0 Å². The Kier molecular flexibility index (Phi) is 4.93. The summed E-state index contributed by atoms with van der Waals surface area (Å²) >= 11 is 3.45. The molecule has 0 bridgehead atoms. The number of pyridine rings is 1. The number of hydrogen-bond donors (Lipinski definition) is 1. The van der Waals surface area contributed by atoms with Gasteiger partial charge in [-0.1, -0.05) is 34.1 Å². The maximum Gasteiger partial charge on any atom is 0.354 e. The van der Waals surface area contributed by atoms with Gasteiger partial charge in [-0.3, -0.25) is 4.90 Å². The Labute approximate surface area is 143 Å². The van der Waals surface area contributed by atoms with Gasteiger partial charge in [0, 0.05) is 37.2 Å². The summed E-state index contributed by atoms with van der Waals surface area (Å²) in [5.74, 6) is -0.242. The Morgan fingerprint density at radius 2 is 1.78 bits per heavy atom. The Hall–Kier alpha value is -1.92. The lowest BCUT2D eigenvalue weighted by atomic mass is 10.2. The third-order valence-corrected chi connectivity index (χ3v) is 4.50. The molecule has 0 unspecified atom stereocenters. The van der Waals surface area contributed by atoms with Crippen molar-refractivity contribution in [1.82, 2.24) is 9.88 Å². The van der Waals surface area contributed by atoms with E-state index in [1.165, 1.54) is 11.6 Å². The summed E-state index contributed by atoms with van der Waals surface area (Å²) in [5.41, 5.74) is 1.40. The Bertz CT molecular complexity index is 682. The van der Waals surface area contributed by atoms with Crippen LogP contribution in [-0.4, -0.2) is 47.1 Å². The number of hydrogen-bond acceptors (Lipinski definition) is 4. The number of aromatic nitrogens is 1. The predicted molar refractivity (Wildman–Crippen MR) is 92.8 cm³/mol. The van der Waals surface area contributed by atoms with Crippen LogP contribution in [0.15, 0.2) is 46.9 Å². The second-order valence-electron chi connectivity index (χ2n) is 5.58. The fraction of sp³-hybridized carbons (Fsp3) is 0.294. The molecule has 1 aromatic heterocycles. The zero-order valence-corrected chi connectivity index (χ0v) is 14.2. The van der Waals surface area contributed by atoms with Crippen LogP contribution in [0.4, 0.5) is 5.82 Å². The van der Waals surface area contributed by atoms with Crippen molar-refractivity contribution < 1.29 is 9.90 Å². The average Bonchev–Trinajstić information content (AvgIpc) is 2.58. The zero-order valence-electron chi connectivity index (χ0n) is 12.7. The van der Waals surface area contributed by atoms with E-state index in [9.17, 15) is 4.79 Å². The number of anilines is 1. The van der Waals surface area contributed by atoms with E-state index in [4.69, 9.17) is 5.11 Å². The molecule has 1 aliphatic rings. The van der Waals surface area contributed by atoms with Crippen LogP contribution >= 0.6 is 15.9 Å². The number of carboxylic acid groups (broad SMARTS) is 1. The number of nitrogens with zero attached hydrogens (tertiary/aromatic N) is 3. The van der Waals surface area contributed by atoms with E-state index in [2.05, 4.69) is 55.0 Å². The fourth-order valence-corrected chi connectivity index (χ4v) is 2.97. The molecule has 0 aliphatic carbocycles. The van der Waals surface area contributed by atoms with Crippen LogP contribution in [0.3, 0.4) is 0 Å². The molecule has 3 rings (SSSR count). The lowest BCUT2D eigenvalue weighted by Gasteiger charge is -2.35. The van der Waals surface area contributed by atoms with Gasteiger partial charge >= 0.3 is 5.97 Å². The summed E-state index contributed by atoms with van der Waals surface area (Å²) in [4.78, 5) is 19.8. The number of carboxylic acids is 1. The molecule has 6 heteroatoms. The minimum atomic E-state index is -0.985. The van der Waals surface area contributed by atoms with Gasteiger partial charge in [-0.25, -0.2) is 9.78 Å². The highest BCUT2D eigenvalue weighted by atomic mass is 79.9. The molecule has 1 aromatic carbocycles. The summed E-state index contributed by atoms with van der Waals surface area (Å²) in [6, 6.07) is 13.5. The molecule has 5 nitrogen and oxygen atoms in total. The molecule has 0 radical (unpaired) electrons. The van der Waals surface area contributed by atoms with Gasteiger partial charge in [0.1, 0.15) is 5.82 Å². The smallest absolute Gasteiger partial charge is 0.354 e. The monoisotopic (exact) mass is 375 g/mol. The van der Waals surface area contributed by atoms with Crippen molar-refractivity contribution in [2.75, 3.05) is 31.1 Å². The first-order valence-corrected chi connectivity index (χ1v) is 8.33. The van der Waals surface area contributed by atoms with E-state index in [0.717, 1.165) is 43.0 Å². The fourth-order valence-electron chi connectivity index (χ4n) is 2.70. The van der Waals surface area contributed by atoms with Gasteiger partial charge in [0.15, 0.2) is 5.69 Å². The van der Waals surface area contributed by atoms with Crippen molar-refractivity contribution in [3.63, 3.8) is 0 Å². The molecular formula is C17H18BrN3O2. The zero-order chi connectivity index (χ0) is 16.2. The standard InChI is InChI=1S/C17H18BrN3O2/c18-14-6-4-13(5-7-14)12-20-8-10-21(11-9-20)16-3-1-2-15(19-16)17(22)23/h1-7H,8-12H2,(H,22,23). The molecule has 1 fully saturated rings. The molecule has 2 aromatic rings. The first kappa shape index (κ1) is 16.0. The third kappa shape index (κ3) is 4.09. The van der Waals surface area contributed by atoms with Crippen molar-refractivity contribution in [2.45, 2.75) is 6.54 Å². The summed E-state index contributed by atoms with van der Waals surface area (Å²) < 4.78 is 1.09. The molecule has 1 N–H and O–H groups in total. The molecule has 0 saturated carbocycles. The Balaban J connectivity index is 1.59. The second-order valence-corrected chi connectivity index (χ2v) is 6.49. The van der Waals surface area contributed by atoms with Crippen molar-refractivity contribution in [2.24, 2.45) is 0 Å². The van der Waals surface area contributed by atoms with Gasteiger partial charge in [-0.2, -0.15) is 0 Å². The maximum atomic E-state index is 11.0. The van der Waals surface area contributed by atoms with Gasteiger partial charge in [0.25, 0.3) is 0 Å². The van der Waals surface area contributed by atoms with Crippen LogP contribution in [0.2, 0.25) is 0 Å². The van der Waals surface area contributed by atoms with Gasteiger partial charge in [0.2, 0.25) is 0 Å². The van der Waals surface area contributed by atoms with Crippen LogP contribution in [0.1, 0.15) is 16.1 Å². The summed E-state index contributed by atoms with van der Waals surface area (Å²) in [7, 11) is 0. The van der Waals surface area contributed by atoms with E-state index in [1.54, 1.807) is 6.07 Å². The minimum Gasteiger partial charge on any atom is -0.477 e. The van der Waals surface area contributed by atoms with E-state index in [0.29, 0.717) is 0 Å². The lowest BCUT2D eigenvalue weighted by molar-refractivity contribution is 0.0690. The number of halogens is 1. The summed E-state index contributed by atoms with van der Waals surface area (Å²) in [6.07, 6.45) is 0. The molecule has 0 spiro atoms. The highest BCUT2D eigenvalue weighted by molar-refractivity contribution is 9.10. The third-order valence-electron chi connectivity index (χ3n) is 3.97. The van der Waals surface area contributed by atoms with E-state index in [-0.39, 0.29) is 5.69 Å². The first-order chi connectivity index (χ1) is 11.1. The second kappa shape index (κ2) is 7.10. The van der Waals surface area contributed by atoms with E-state index >= 15 is 0 Å². The molecule has 0 atom stereocenters. The van der Waals surface area contributed by atoms with Crippen LogP contribution < -0.4 is 4.90 Å². The number of carbonyl (C=O) groups is 1. The van der Waals surface area contributed by atoms with E-state index in [1.807, 2.05) is 6.07 Å². The van der Waals surface area contributed by atoms with Crippen LogP contribution in [0, 0.1) is 0 Å². The van der Waals surface area contributed by atoms with Crippen molar-refractivity contribution in [1.29, 1.82) is 0 Å². The normalized spacial score (nSPS) is 15.6. The van der Waals surface area contributed by atoms with Gasteiger partial charge in [0.05, 0.1) is 0 Å². The van der Waals surface area contributed by atoms with Gasteiger partial charge < -0.3 is 10.0 Å². The predicted octanol–water partition coefficient (Wildman–Crippen LogP) is 2.86. The molecular weight excluding hydrogens is 358 g/mol. The minimum absolute atomic E-state index is 0.0970. The van der Waals surface area contributed by atoms with Crippen LogP contribution in [0.25, 0.3) is 0 Å². The Morgan fingerprint density at radius 3 is 2.43 bits per heavy atom. The Morgan fingerprint density at radius 1 is 1.09 bits per heavy atom. The number of aromatic carboxylic acids is 1. The van der Waals surface area contributed by atoms with Gasteiger partial charge in [-0.15, -0.1) is 0 Å². The van der Waals surface area contributed by atoms with Crippen molar-refractivity contribution >= 4 is 27.7 Å². The number of piperazine rings is 1. The average molecular weight is 376 g/mol. The topological polar surface area (TPSA) is 56.7 Å². The molecule has 2 heterocycles. The van der Waals surface area contributed by atoms with Crippen LogP contribution in [0.5, 0.6) is 0 Å². The SMILES string of the molecule is O=C(O)c1cccc(N2CCN(Cc3ccc(Br)cc3)CC2)n1. The summed E-state index contributed by atoms with van der Waals surface area (Å²) in [5, 5.41) is 9.04. The quantitative estimate of drug-likeness (QED) is 0.890. The molecule has 1 saturated heterocycles. The largest absolute Gasteiger partial charge is 0.477 e. The molecule has 0 amide bonds. The van der Waals surface area contributed by atoms with Gasteiger partial charge in [-0.05, 0) is 29.8 Å². The molecule has 23 heavy (non-hydrogen) atoms.